The summed E-state index contributed by atoms with van der Waals surface area (Å²) in [6, 6.07) is 17.8. The molecule has 6 aromatic rings. The number of rotatable bonds is 8. The molecule has 3 heterocycles. The van der Waals surface area contributed by atoms with E-state index in [4.69, 9.17) is 5.73 Å². The topological polar surface area (TPSA) is 175 Å². The number of nitrogens with one attached hydrogen (secondary N) is 3. The molecule has 15 heteroatoms. The lowest BCUT2D eigenvalue weighted by atomic mass is 10.1. The summed E-state index contributed by atoms with van der Waals surface area (Å²) in [5.74, 6) is -1.03. The second-order valence-electron chi connectivity index (χ2n) is 11.5. The lowest BCUT2D eigenvalue weighted by Gasteiger charge is -2.18. The van der Waals surface area contributed by atoms with E-state index < -0.39 is 28.5 Å². The van der Waals surface area contributed by atoms with Gasteiger partial charge in [-0.3, -0.25) is 23.5 Å². The second kappa shape index (κ2) is 12.2. The van der Waals surface area contributed by atoms with Gasteiger partial charge in [0.1, 0.15) is 29.3 Å². The number of benzene rings is 3. The van der Waals surface area contributed by atoms with Crippen LogP contribution >= 0.6 is 22.6 Å². The Balaban J connectivity index is 1.28. The van der Waals surface area contributed by atoms with E-state index in [1.54, 1.807) is 54.7 Å². The predicted octanol–water partition coefficient (Wildman–Crippen LogP) is 4.45. The van der Waals surface area contributed by atoms with Crippen LogP contribution in [0.5, 0.6) is 0 Å². The number of fused-ring (bicyclic) bond motifs is 1. The van der Waals surface area contributed by atoms with Gasteiger partial charge in [0.25, 0.3) is 11.1 Å². The molecule has 0 unspecified atom stereocenters. The maximum Gasteiger partial charge on any atom is 0.336 e. The van der Waals surface area contributed by atoms with Gasteiger partial charge >= 0.3 is 5.69 Å². The van der Waals surface area contributed by atoms with E-state index in [2.05, 4.69) is 25.9 Å². The van der Waals surface area contributed by atoms with E-state index in [1.807, 2.05) is 28.7 Å². The van der Waals surface area contributed by atoms with Crippen LogP contribution in [-0.2, 0) is 11.3 Å². The van der Waals surface area contributed by atoms with Gasteiger partial charge in [0.15, 0.2) is 0 Å². The summed E-state index contributed by atoms with van der Waals surface area (Å²) in [5, 5.41) is 13.9. The van der Waals surface area contributed by atoms with Gasteiger partial charge in [-0.15, -0.1) is 5.10 Å². The molecular weight excluding hydrogens is 732 g/mol. The second-order valence-corrected chi connectivity index (χ2v) is 12.7. The first-order chi connectivity index (χ1) is 23.1. The van der Waals surface area contributed by atoms with Crippen molar-refractivity contribution in [2.75, 3.05) is 16.4 Å². The highest BCUT2D eigenvalue weighted by molar-refractivity contribution is 14.1. The van der Waals surface area contributed by atoms with E-state index >= 15 is 0 Å². The molecule has 1 aliphatic carbocycles. The van der Waals surface area contributed by atoms with Crippen LogP contribution in [0.25, 0.3) is 27.8 Å². The largest absolute Gasteiger partial charge is 0.399 e. The Morgan fingerprint density at radius 1 is 1.08 bits per heavy atom. The predicted molar refractivity (Wildman–Crippen MR) is 188 cm³/mol. The third kappa shape index (κ3) is 5.87. The molecule has 0 saturated heterocycles. The molecule has 0 bridgehead atoms. The van der Waals surface area contributed by atoms with Crippen molar-refractivity contribution in [1.82, 2.24) is 29.1 Å². The Labute approximate surface area is 284 Å². The number of anilines is 4. The van der Waals surface area contributed by atoms with Gasteiger partial charge in [-0.2, -0.15) is 0 Å². The molecule has 7 rings (SSSR count). The molecule has 1 aliphatic rings. The Morgan fingerprint density at radius 2 is 1.88 bits per heavy atom. The summed E-state index contributed by atoms with van der Waals surface area (Å²) in [6.07, 6.45) is 2.90. The first-order valence-electron chi connectivity index (χ1n) is 14.9. The fraction of sp³-hybridized carbons (Fsp3) is 0.152. The highest BCUT2D eigenvalue weighted by Gasteiger charge is 2.31. The Bertz CT molecular complexity index is 2450. The summed E-state index contributed by atoms with van der Waals surface area (Å²) in [6.45, 7) is 1.36. The maximum atomic E-state index is 14.9. The van der Waals surface area contributed by atoms with Gasteiger partial charge in [-0.05, 0) is 90.9 Å². The van der Waals surface area contributed by atoms with Crippen LogP contribution in [0.1, 0.15) is 24.4 Å². The maximum absolute atomic E-state index is 14.9. The number of hydrogen-bond donors (Lipinski definition) is 4. The number of carbonyl (C=O) groups excluding carboxylic acids is 1. The van der Waals surface area contributed by atoms with Crippen LogP contribution in [0.2, 0.25) is 0 Å². The molecule has 1 amide bonds. The van der Waals surface area contributed by atoms with Crippen molar-refractivity contribution < 1.29 is 9.18 Å². The number of aromatic nitrogens is 6. The smallest absolute Gasteiger partial charge is 0.336 e. The average Bonchev–Trinajstić information content (AvgIpc) is 3.77. The van der Waals surface area contributed by atoms with E-state index in [0.717, 1.165) is 5.56 Å². The van der Waals surface area contributed by atoms with Gasteiger partial charge in [0, 0.05) is 32.1 Å². The molecule has 0 aliphatic heterocycles. The van der Waals surface area contributed by atoms with Crippen molar-refractivity contribution in [2.24, 2.45) is 0 Å². The van der Waals surface area contributed by atoms with Crippen molar-refractivity contribution in [3.8, 4) is 16.9 Å². The molecule has 1 saturated carbocycles. The number of hydrogen-bond acceptors (Lipinski definition) is 8. The Hall–Kier alpha value is -5.58. The van der Waals surface area contributed by atoms with Crippen LogP contribution in [0.3, 0.4) is 0 Å². The minimum absolute atomic E-state index is 0.0214. The zero-order valence-corrected chi connectivity index (χ0v) is 27.5. The summed E-state index contributed by atoms with van der Waals surface area (Å²) < 4.78 is 19.4. The third-order valence-corrected chi connectivity index (χ3v) is 8.66. The fourth-order valence-electron chi connectivity index (χ4n) is 5.57. The molecule has 0 spiro atoms. The Morgan fingerprint density at radius 3 is 2.62 bits per heavy atom. The monoisotopic (exact) mass is 759 g/mol. The molecule has 242 valence electrons. The Kier molecular flexibility index (Phi) is 7.90. The number of H-pyrrole nitrogens is 1. The summed E-state index contributed by atoms with van der Waals surface area (Å²) in [4.78, 5) is 56.9. The summed E-state index contributed by atoms with van der Waals surface area (Å²) in [5.41, 5.74) is 6.86. The van der Waals surface area contributed by atoms with Crippen LogP contribution in [0.15, 0.2) is 87.3 Å². The normalized spacial score (nSPS) is 12.7. The molecule has 3 aromatic carbocycles. The van der Waals surface area contributed by atoms with Crippen molar-refractivity contribution in [3.63, 3.8) is 0 Å². The SMILES string of the molecule is Cc1c(=O)[nH]c(Nc2ccc(I)cc2F)c2c(=O)n(C3CC3)c(=O)n(-c3cccc(NC(=O)Cn4cc(-c5cccc(N)c5)nn4)c3)c12. The number of aromatic amines is 1. The molecular formula is C33H27FIN9O4. The van der Waals surface area contributed by atoms with Crippen LogP contribution in [0.4, 0.5) is 27.3 Å². The van der Waals surface area contributed by atoms with Crippen LogP contribution in [0, 0.1) is 16.3 Å². The van der Waals surface area contributed by atoms with Gasteiger partial charge in [-0.25, -0.2) is 13.9 Å². The van der Waals surface area contributed by atoms with Crippen molar-refractivity contribution >= 4 is 62.3 Å². The molecule has 13 nitrogen and oxygen atoms in total. The van der Waals surface area contributed by atoms with E-state index in [-0.39, 0.29) is 40.6 Å². The quantitative estimate of drug-likeness (QED) is 0.130. The number of nitrogen functional groups attached to an aromatic ring is 1. The minimum atomic E-state index is -0.629. The van der Waals surface area contributed by atoms with E-state index in [0.29, 0.717) is 39.2 Å². The minimum Gasteiger partial charge on any atom is -0.399 e. The molecule has 5 N–H and O–H groups in total. The first-order valence-corrected chi connectivity index (χ1v) is 16.0. The standard InChI is InChI=1S/C33H27FIN9O4/c1-17-29-28(30(39-31(17)46)38-25-11-8-19(35)13-24(25)34)32(47)44(22-9-10-22)33(48)43(29)23-7-3-6-21(14-23)37-27(45)16-42-15-26(40-41-42)18-4-2-5-20(36)12-18/h2-8,11-15,22H,9-10,16,36H2,1H3,(H,37,45)(H2,38,39,46). The van der Waals surface area contributed by atoms with E-state index in [9.17, 15) is 23.6 Å². The number of aryl methyl sites for hydroxylation is 1. The number of pyridine rings is 1. The lowest BCUT2D eigenvalue weighted by Crippen LogP contribution is -2.40. The molecule has 1 fully saturated rings. The number of carbonyl (C=O) groups is 1. The summed E-state index contributed by atoms with van der Waals surface area (Å²) in [7, 11) is 0. The molecule has 0 radical (unpaired) electrons. The van der Waals surface area contributed by atoms with E-state index in [1.165, 1.54) is 32.9 Å². The molecule has 0 atom stereocenters. The third-order valence-electron chi connectivity index (χ3n) is 7.99. The molecule has 3 aromatic heterocycles. The lowest BCUT2D eigenvalue weighted by molar-refractivity contribution is -0.116. The van der Waals surface area contributed by atoms with Crippen LogP contribution < -0.4 is 33.2 Å². The number of halogens is 2. The number of nitrogens with two attached hydrogens (primary N) is 1. The molecule has 48 heavy (non-hydrogen) atoms. The summed E-state index contributed by atoms with van der Waals surface area (Å²) >= 11 is 1.98. The van der Waals surface area contributed by atoms with Gasteiger partial charge < -0.3 is 21.4 Å². The van der Waals surface area contributed by atoms with Gasteiger partial charge in [0.2, 0.25) is 5.91 Å². The first kappa shape index (κ1) is 31.0. The fourth-order valence-corrected chi connectivity index (χ4v) is 6.02. The highest BCUT2D eigenvalue weighted by atomic mass is 127. The number of nitrogens with zero attached hydrogens (tertiary/aromatic N) is 5. The highest BCUT2D eigenvalue weighted by Crippen LogP contribution is 2.34. The van der Waals surface area contributed by atoms with Crippen LogP contribution in [-0.4, -0.2) is 35.0 Å². The number of amides is 1. The van der Waals surface area contributed by atoms with Crippen molar-refractivity contribution in [3.05, 3.63) is 119 Å². The van der Waals surface area contributed by atoms with Crippen molar-refractivity contribution in [2.45, 2.75) is 32.4 Å². The van der Waals surface area contributed by atoms with Crippen molar-refractivity contribution in [1.29, 1.82) is 0 Å². The average molecular weight is 760 g/mol. The van der Waals surface area contributed by atoms with Gasteiger partial charge in [0.05, 0.1) is 23.1 Å². The zero-order valence-electron chi connectivity index (χ0n) is 25.3. The zero-order chi connectivity index (χ0) is 33.7. The van der Waals surface area contributed by atoms with Gasteiger partial charge in [-0.1, -0.05) is 23.4 Å².